The molecule has 0 aliphatic carbocycles. The molecule has 1 N–H and O–H groups in total. The molecule has 0 saturated carbocycles. The molecule has 21 heavy (non-hydrogen) atoms. The zero-order chi connectivity index (χ0) is 15.4. The second kappa shape index (κ2) is 7.04. The summed E-state index contributed by atoms with van der Waals surface area (Å²) in [4.78, 5) is 0. The third kappa shape index (κ3) is 3.44. The molecular formula is C15H21BrN4O. The molecular weight excluding hydrogens is 332 g/mol. The van der Waals surface area contributed by atoms with Crippen molar-refractivity contribution in [1.82, 2.24) is 20.3 Å². The topological polar surface area (TPSA) is 52.0 Å². The summed E-state index contributed by atoms with van der Waals surface area (Å²) in [6.45, 7) is 7.28. The number of methoxy groups -OCH3 is 1. The minimum absolute atomic E-state index is 0.195. The summed E-state index contributed by atoms with van der Waals surface area (Å²) in [5.74, 6) is 0.801. The molecule has 114 valence electrons. The summed E-state index contributed by atoms with van der Waals surface area (Å²) < 4.78 is 8.00. The first-order valence-corrected chi connectivity index (χ1v) is 7.87. The van der Waals surface area contributed by atoms with Crippen LogP contribution in [0.5, 0.6) is 5.75 Å². The van der Waals surface area contributed by atoms with E-state index in [2.05, 4.69) is 45.4 Å². The van der Waals surface area contributed by atoms with Crippen molar-refractivity contribution in [2.24, 2.45) is 0 Å². The van der Waals surface area contributed by atoms with E-state index in [1.807, 2.05) is 29.8 Å². The van der Waals surface area contributed by atoms with Crippen LogP contribution in [0.3, 0.4) is 0 Å². The van der Waals surface area contributed by atoms with Crippen LogP contribution in [0.2, 0.25) is 0 Å². The molecule has 0 amide bonds. The summed E-state index contributed by atoms with van der Waals surface area (Å²) in [7, 11) is 1.65. The summed E-state index contributed by atoms with van der Waals surface area (Å²) >= 11 is 3.50. The molecule has 5 nitrogen and oxygen atoms in total. The molecule has 0 aliphatic heterocycles. The first-order chi connectivity index (χ1) is 10.1. The van der Waals surface area contributed by atoms with Crippen molar-refractivity contribution in [2.75, 3.05) is 13.7 Å². The van der Waals surface area contributed by atoms with Gasteiger partial charge in [-0.3, -0.25) is 0 Å². The average Bonchev–Trinajstić information content (AvgIpc) is 2.86. The Kier molecular flexibility index (Phi) is 5.36. The molecule has 2 aromatic rings. The summed E-state index contributed by atoms with van der Waals surface area (Å²) in [6, 6.07) is 6.06. The molecule has 0 aliphatic rings. The van der Waals surface area contributed by atoms with Gasteiger partial charge in [0.2, 0.25) is 0 Å². The quantitative estimate of drug-likeness (QED) is 0.865. The van der Waals surface area contributed by atoms with E-state index in [0.717, 1.165) is 40.3 Å². The highest BCUT2D eigenvalue weighted by molar-refractivity contribution is 9.10. The van der Waals surface area contributed by atoms with Gasteiger partial charge in [0.1, 0.15) is 11.4 Å². The molecule has 1 aromatic heterocycles. The third-order valence-electron chi connectivity index (χ3n) is 3.42. The van der Waals surface area contributed by atoms with Crippen molar-refractivity contribution in [1.29, 1.82) is 0 Å². The van der Waals surface area contributed by atoms with E-state index in [0.29, 0.717) is 0 Å². The molecule has 0 fully saturated rings. The molecule has 0 bridgehead atoms. The Hall–Kier alpha value is -1.40. The smallest absolute Gasteiger partial charge is 0.133 e. The maximum Gasteiger partial charge on any atom is 0.133 e. The lowest BCUT2D eigenvalue weighted by molar-refractivity contribution is 0.412. The first-order valence-electron chi connectivity index (χ1n) is 7.08. The van der Waals surface area contributed by atoms with Crippen molar-refractivity contribution < 1.29 is 4.74 Å². The average molecular weight is 353 g/mol. The van der Waals surface area contributed by atoms with Crippen LogP contribution < -0.4 is 10.1 Å². The monoisotopic (exact) mass is 352 g/mol. The Bertz CT molecular complexity index is 612. The lowest BCUT2D eigenvalue weighted by Crippen LogP contribution is -2.20. The van der Waals surface area contributed by atoms with Gasteiger partial charge in [0.25, 0.3) is 0 Å². The van der Waals surface area contributed by atoms with Gasteiger partial charge in [-0.2, -0.15) is 0 Å². The van der Waals surface area contributed by atoms with Gasteiger partial charge in [0, 0.05) is 0 Å². The zero-order valence-corrected chi connectivity index (χ0v) is 14.4. The Morgan fingerprint density at radius 3 is 2.81 bits per heavy atom. The van der Waals surface area contributed by atoms with Gasteiger partial charge in [0.05, 0.1) is 29.0 Å². The minimum atomic E-state index is 0.195. The highest BCUT2D eigenvalue weighted by atomic mass is 79.9. The van der Waals surface area contributed by atoms with Crippen molar-refractivity contribution in [3.8, 4) is 11.4 Å². The fourth-order valence-corrected chi connectivity index (χ4v) is 2.76. The summed E-state index contributed by atoms with van der Waals surface area (Å²) in [5, 5.41) is 12.0. The zero-order valence-electron chi connectivity index (χ0n) is 12.9. The molecule has 2 rings (SSSR count). The van der Waals surface area contributed by atoms with Crippen LogP contribution in [0.15, 0.2) is 22.7 Å². The first kappa shape index (κ1) is 16.0. The number of aromatic nitrogens is 3. The Morgan fingerprint density at radius 1 is 1.43 bits per heavy atom. The Morgan fingerprint density at radius 2 is 2.19 bits per heavy atom. The summed E-state index contributed by atoms with van der Waals surface area (Å²) in [5.41, 5.74) is 2.99. The van der Waals surface area contributed by atoms with E-state index in [-0.39, 0.29) is 6.04 Å². The van der Waals surface area contributed by atoms with E-state index in [4.69, 9.17) is 4.74 Å². The second-order valence-electron chi connectivity index (χ2n) is 4.97. The van der Waals surface area contributed by atoms with Gasteiger partial charge in [-0.25, -0.2) is 4.68 Å². The van der Waals surface area contributed by atoms with Gasteiger partial charge in [-0.05, 0) is 60.9 Å². The van der Waals surface area contributed by atoms with E-state index < -0.39 is 0 Å². The van der Waals surface area contributed by atoms with Crippen LogP contribution >= 0.6 is 15.9 Å². The Labute approximate surface area is 133 Å². The summed E-state index contributed by atoms with van der Waals surface area (Å²) in [6.07, 6.45) is 1.10. The van der Waals surface area contributed by atoms with Gasteiger partial charge in [0.15, 0.2) is 0 Å². The van der Waals surface area contributed by atoms with E-state index in [9.17, 15) is 0 Å². The van der Waals surface area contributed by atoms with Gasteiger partial charge in [-0.15, -0.1) is 5.10 Å². The number of halogens is 1. The minimum Gasteiger partial charge on any atom is -0.496 e. The molecule has 1 atom stereocenters. The highest BCUT2D eigenvalue weighted by Crippen LogP contribution is 2.28. The van der Waals surface area contributed by atoms with Crippen molar-refractivity contribution in [2.45, 2.75) is 33.2 Å². The van der Waals surface area contributed by atoms with Crippen LogP contribution in [0.4, 0.5) is 0 Å². The van der Waals surface area contributed by atoms with E-state index in [1.54, 1.807) is 7.11 Å². The largest absolute Gasteiger partial charge is 0.496 e. The molecule has 0 radical (unpaired) electrons. The standard InChI is InChI=1S/C15H21BrN4O/c1-5-8-17-10(2)15-11(3)20(19-18-15)12-6-7-14(21-4)13(16)9-12/h6-7,9-10,17H,5,8H2,1-4H3. The number of nitrogens with zero attached hydrogens (tertiary/aromatic N) is 3. The SMILES string of the molecule is CCCNC(C)c1nnn(-c2ccc(OC)c(Br)c2)c1C. The van der Waals surface area contributed by atoms with Gasteiger partial charge >= 0.3 is 0 Å². The molecule has 1 aromatic carbocycles. The maximum atomic E-state index is 5.25. The maximum absolute atomic E-state index is 5.25. The number of benzene rings is 1. The lowest BCUT2D eigenvalue weighted by Gasteiger charge is -2.12. The number of hydrogen-bond donors (Lipinski definition) is 1. The second-order valence-corrected chi connectivity index (χ2v) is 5.82. The van der Waals surface area contributed by atoms with Gasteiger partial charge < -0.3 is 10.1 Å². The van der Waals surface area contributed by atoms with E-state index >= 15 is 0 Å². The molecule has 1 heterocycles. The molecule has 0 saturated heterocycles. The van der Waals surface area contributed by atoms with Gasteiger partial charge in [-0.1, -0.05) is 12.1 Å². The van der Waals surface area contributed by atoms with Crippen LogP contribution in [0.25, 0.3) is 5.69 Å². The van der Waals surface area contributed by atoms with Crippen molar-refractivity contribution in [3.05, 3.63) is 34.1 Å². The number of nitrogens with one attached hydrogen (secondary N) is 1. The van der Waals surface area contributed by atoms with Crippen LogP contribution in [0, 0.1) is 6.92 Å². The van der Waals surface area contributed by atoms with Crippen molar-refractivity contribution in [3.63, 3.8) is 0 Å². The molecule has 6 heteroatoms. The predicted molar refractivity (Wildman–Crippen MR) is 87.1 cm³/mol. The molecule has 1 unspecified atom stereocenters. The Balaban J connectivity index is 2.29. The normalized spacial score (nSPS) is 12.4. The van der Waals surface area contributed by atoms with Crippen LogP contribution in [0.1, 0.15) is 37.7 Å². The fourth-order valence-electron chi connectivity index (χ4n) is 2.23. The molecule has 0 spiro atoms. The number of ether oxygens (including phenoxy) is 1. The van der Waals surface area contributed by atoms with Crippen molar-refractivity contribution >= 4 is 15.9 Å². The number of rotatable bonds is 6. The lowest BCUT2D eigenvalue weighted by atomic mass is 10.2. The highest BCUT2D eigenvalue weighted by Gasteiger charge is 2.16. The van der Waals surface area contributed by atoms with E-state index in [1.165, 1.54) is 0 Å². The van der Waals surface area contributed by atoms with Crippen LogP contribution in [-0.4, -0.2) is 28.6 Å². The third-order valence-corrected chi connectivity index (χ3v) is 4.04. The number of hydrogen-bond acceptors (Lipinski definition) is 4. The van der Waals surface area contributed by atoms with Crippen LogP contribution in [-0.2, 0) is 0 Å². The fraction of sp³-hybridized carbons (Fsp3) is 0.467. The predicted octanol–water partition coefficient (Wildman–Crippen LogP) is 3.41.